The van der Waals surface area contributed by atoms with Crippen LogP contribution in [0, 0.1) is 17.1 Å². The van der Waals surface area contributed by atoms with Gasteiger partial charge in [-0.15, -0.1) is 0 Å². The molecule has 0 atom stereocenters. The molecule has 0 unspecified atom stereocenters. The summed E-state index contributed by atoms with van der Waals surface area (Å²) in [5, 5.41) is 18.3. The fourth-order valence-electron chi connectivity index (χ4n) is 2.10. The number of hydrogen-bond acceptors (Lipinski definition) is 4. The predicted octanol–water partition coefficient (Wildman–Crippen LogP) is 2.41. The summed E-state index contributed by atoms with van der Waals surface area (Å²) in [6.45, 7) is 0.157. The Morgan fingerprint density at radius 1 is 1.25 bits per heavy atom. The van der Waals surface area contributed by atoms with Crippen molar-refractivity contribution < 1.29 is 9.18 Å². The Labute approximate surface area is 137 Å². The Balaban J connectivity index is 1.66. The third-order valence-electron chi connectivity index (χ3n) is 3.30. The number of nitrogens with one attached hydrogen (secondary N) is 2. The van der Waals surface area contributed by atoms with Crippen LogP contribution in [-0.4, -0.2) is 21.1 Å². The van der Waals surface area contributed by atoms with E-state index in [1.165, 1.54) is 18.2 Å². The standard InChI is InChI=1S/C17H12FN5O/c18-14-6-4-12(5-7-14)16-21-15(22-23-16)10-20-17(24)13-3-1-2-11(8-13)9-19/h1-8H,10H2,(H,20,24)(H,21,22,23). The Kier molecular flexibility index (Phi) is 4.29. The summed E-state index contributed by atoms with van der Waals surface area (Å²) in [5.41, 5.74) is 1.49. The molecule has 0 aliphatic carbocycles. The molecule has 1 aromatic heterocycles. The van der Waals surface area contributed by atoms with E-state index >= 15 is 0 Å². The van der Waals surface area contributed by atoms with Gasteiger partial charge in [-0.2, -0.15) is 10.4 Å². The van der Waals surface area contributed by atoms with Gasteiger partial charge in [0.25, 0.3) is 5.91 Å². The molecular formula is C17H12FN5O. The molecule has 0 saturated carbocycles. The number of hydrogen-bond donors (Lipinski definition) is 2. The summed E-state index contributed by atoms with van der Waals surface area (Å²) in [4.78, 5) is 16.3. The van der Waals surface area contributed by atoms with E-state index in [1.54, 1.807) is 30.3 Å². The molecule has 2 aromatic carbocycles. The first-order valence-electron chi connectivity index (χ1n) is 7.11. The highest BCUT2D eigenvalue weighted by molar-refractivity contribution is 5.94. The van der Waals surface area contributed by atoms with Crippen LogP contribution in [0.25, 0.3) is 11.4 Å². The first-order valence-corrected chi connectivity index (χ1v) is 7.11. The van der Waals surface area contributed by atoms with Crippen LogP contribution in [0.4, 0.5) is 4.39 Å². The monoisotopic (exact) mass is 321 g/mol. The third kappa shape index (κ3) is 3.44. The molecule has 0 aliphatic rings. The molecule has 2 N–H and O–H groups in total. The Morgan fingerprint density at radius 2 is 2.04 bits per heavy atom. The number of benzene rings is 2. The second kappa shape index (κ2) is 6.71. The molecule has 0 radical (unpaired) electrons. The van der Waals surface area contributed by atoms with E-state index in [2.05, 4.69) is 20.5 Å². The maximum atomic E-state index is 12.9. The van der Waals surface area contributed by atoms with Crippen LogP contribution in [0.5, 0.6) is 0 Å². The van der Waals surface area contributed by atoms with Crippen molar-refractivity contribution in [3.63, 3.8) is 0 Å². The van der Waals surface area contributed by atoms with Crippen molar-refractivity contribution in [3.8, 4) is 17.5 Å². The normalized spacial score (nSPS) is 10.2. The van der Waals surface area contributed by atoms with E-state index in [0.29, 0.717) is 28.3 Å². The van der Waals surface area contributed by atoms with Gasteiger partial charge in [0, 0.05) is 11.1 Å². The molecule has 0 aliphatic heterocycles. The van der Waals surface area contributed by atoms with Crippen LogP contribution in [0.3, 0.4) is 0 Å². The van der Waals surface area contributed by atoms with E-state index < -0.39 is 0 Å². The molecule has 7 heteroatoms. The lowest BCUT2D eigenvalue weighted by molar-refractivity contribution is 0.0950. The Morgan fingerprint density at radius 3 is 2.79 bits per heavy atom. The van der Waals surface area contributed by atoms with E-state index in [1.807, 2.05) is 6.07 Å². The Hall–Kier alpha value is -3.53. The summed E-state index contributed by atoms with van der Waals surface area (Å²) < 4.78 is 12.9. The zero-order valence-electron chi connectivity index (χ0n) is 12.5. The second-order valence-corrected chi connectivity index (χ2v) is 4.99. The average Bonchev–Trinajstić information content (AvgIpc) is 3.09. The molecule has 24 heavy (non-hydrogen) atoms. The topological polar surface area (TPSA) is 94.5 Å². The molecule has 1 amide bonds. The van der Waals surface area contributed by atoms with Gasteiger partial charge in [0.2, 0.25) is 0 Å². The smallest absolute Gasteiger partial charge is 0.251 e. The number of H-pyrrole nitrogens is 1. The summed E-state index contributed by atoms with van der Waals surface area (Å²) in [6.07, 6.45) is 0. The minimum absolute atomic E-state index is 0.157. The largest absolute Gasteiger partial charge is 0.345 e. The first kappa shape index (κ1) is 15.4. The van der Waals surface area contributed by atoms with Crippen LogP contribution in [-0.2, 0) is 6.54 Å². The van der Waals surface area contributed by atoms with Gasteiger partial charge in [0.1, 0.15) is 11.6 Å². The number of amides is 1. The fraction of sp³-hybridized carbons (Fsp3) is 0.0588. The first-order chi connectivity index (χ1) is 11.7. The van der Waals surface area contributed by atoms with Gasteiger partial charge >= 0.3 is 0 Å². The van der Waals surface area contributed by atoms with E-state index in [0.717, 1.165) is 0 Å². The molecule has 0 bridgehead atoms. The van der Waals surface area contributed by atoms with Crippen molar-refractivity contribution in [1.29, 1.82) is 5.26 Å². The van der Waals surface area contributed by atoms with Gasteiger partial charge in [0.15, 0.2) is 5.82 Å². The molecule has 3 aromatic rings. The highest BCUT2D eigenvalue weighted by atomic mass is 19.1. The van der Waals surface area contributed by atoms with Crippen molar-refractivity contribution in [2.45, 2.75) is 6.54 Å². The van der Waals surface area contributed by atoms with Gasteiger partial charge in [-0.3, -0.25) is 9.89 Å². The number of carbonyl (C=O) groups is 1. The number of halogens is 1. The molecule has 3 rings (SSSR count). The molecule has 0 fully saturated rings. The van der Waals surface area contributed by atoms with Crippen molar-refractivity contribution in [2.75, 3.05) is 0 Å². The lowest BCUT2D eigenvalue weighted by atomic mass is 10.1. The van der Waals surface area contributed by atoms with E-state index in [-0.39, 0.29) is 18.3 Å². The lowest BCUT2D eigenvalue weighted by Crippen LogP contribution is -2.23. The molecule has 118 valence electrons. The molecule has 0 spiro atoms. The molecule has 6 nitrogen and oxygen atoms in total. The van der Waals surface area contributed by atoms with Gasteiger partial charge in [-0.25, -0.2) is 9.37 Å². The summed E-state index contributed by atoms with van der Waals surface area (Å²) >= 11 is 0. The van der Waals surface area contributed by atoms with Gasteiger partial charge in [-0.05, 0) is 42.5 Å². The van der Waals surface area contributed by atoms with Gasteiger partial charge < -0.3 is 5.32 Å². The lowest BCUT2D eigenvalue weighted by Gasteiger charge is -2.03. The molecule has 0 saturated heterocycles. The van der Waals surface area contributed by atoms with Crippen LogP contribution >= 0.6 is 0 Å². The van der Waals surface area contributed by atoms with Crippen LogP contribution in [0.15, 0.2) is 48.5 Å². The quantitative estimate of drug-likeness (QED) is 0.771. The molecule has 1 heterocycles. The maximum Gasteiger partial charge on any atom is 0.251 e. The highest BCUT2D eigenvalue weighted by Crippen LogP contribution is 2.14. The van der Waals surface area contributed by atoms with Crippen molar-refractivity contribution in [3.05, 3.63) is 71.3 Å². The summed E-state index contributed by atoms with van der Waals surface area (Å²) in [6, 6.07) is 14.2. The zero-order chi connectivity index (χ0) is 16.9. The van der Waals surface area contributed by atoms with Crippen molar-refractivity contribution in [2.24, 2.45) is 0 Å². The maximum absolute atomic E-state index is 12.9. The third-order valence-corrected chi connectivity index (χ3v) is 3.30. The molecular weight excluding hydrogens is 309 g/mol. The predicted molar refractivity (Wildman–Crippen MR) is 84.1 cm³/mol. The second-order valence-electron chi connectivity index (χ2n) is 4.99. The summed E-state index contributed by atoms with van der Waals surface area (Å²) in [7, 11) is 0. The number of aromatic nitrogens is 3. The van der Waals surface area contributed by atoms with Crippen LogP contribution < -0.4 is 5.32 Å². The van der Waals surface area contributed by atoms with Crippen molar-refractivity contribution in [1.82, 2.24) is 20.5 Å². The van der Waals surface area contributed by atoms with Crippen LogP contribution in [0.1, 0.15) is 21.7 Å². The van der Waals surface area contributed by atoms with Crippen LogP contribution in [0.2, 0.25) is 0 Å². The van der Waals surface area contributed by atoms with Crippen molar-refractivity contribution >= 4 is 5.91 Å². The van der Waals surface area contributed by atoms with E-state index in [9.17, 15) is 9.18 Å². The SMILES string of the molecule is N#Cc1cccc(C(=O)NCc2nc(-c3ccc(F)cc3)n[nH]2)c1. The summed E-state index contributed by atoms with van der Waals surface area (Å²) in [5.74, 6) is 0.248. The minimum atomic E-state index is -0.332. The highest BCUT2D eigenvalue weighted by Gasteiger charge is 2.09. The number of aromatic amines is 1. The number of carbonyl (C=O) groups excluding carboxylic acids is 1. The fourth-order valence-corrected chi connectivity index (χ4v) is 2.10. The minimum Gasteiger partial charge on any atom is -0.345 e. The number of nitriles is 1. The number of rotatable bonds is 4. The van der Waals surface area contributed by atoms with E-state index in [4.69, 9.17) is 5.26 Å². The average molecular weight is 321 g/mol. The number of nitrogens with zero attached hydrogens (tertiary/aromatic N) is 3. The Bertz CT molecular complexity index is 911. The van der Waals surface area contributed by atoms with Gasteiger partial charge in [-0.1, -0.05) is 6.07 Å². The van der Waals surface area contributed by atoms with Gasteiger partial charge in [0.05, 0.1) is 18.2 Å². The zero-order valence-corrected chi connectivity index (χ0v) is 12.5.